The van der Waals surface area contributed by atoms with Gasteiger partial charge in [0.15, 0.2) is 0 Å². The van der Waals surface area contributed by atoms with Crippen LogP contribution in [-0.2, 0) is 9.59 Å². The zero-order chi connectivity index (χ0) is 19.0. The molecule has 0 heterocycles. The topological polar surface area (TPSA) is 116 Å². The van der Waals surface area contributed by atoms with Gasteiger partial charge in [0.2, 0.25) is 0 Å². The lowest BCUT2D eigenvalue weighted by Gasteiger charge is -2.21. The van der Waals surface area contributed by atoms with Crippen LogP contribution in [0.25, 0.3) is 0 Å². The van der Waals surface area contributed by atoms with Crippen molar-refractivity contribution in [1.82, 2.24) is 10.6 Å². The van der Waals surface area contributed by atoms with Gasteiger partial charge in [0.1, 0.15) is 12.1 Å². The second-order valence-electron chi connectivity index (χ2n) is 6.13. The van der Waals surface area contributed by atoms with E-state index in [2.05, 4.69) is 10.6 Å². The van der Waals surface area contributed by atoms with Crippen molar-refractivity contribution >= 4 is 29.4 Å². The molecule has 0 aliphatic carbocycles. The molecule has 8 heteroatoms. The van der Waals surface area contributed by atoms with Crippen molar-refractivity contribution in [3.63, 3.8) is 0 Å². The summed E-state index contributed by atoms with van der Waals surface area (Å²) in [4.78, 5) is 34.6. The molecule has 0 saturated carbocycles. The fourth-order valence-electron chi connectivity index (χ4n) is 2.29. The molecular weight excluding hydrogens is 348 g/mol. The van der Waals surface area contributed by atoms with Crippen molar-refractivity contribution in [2.45, 2.75) is 38.8 Å². The molecule has 1 amide bonds. The number of carbonyl (C=O) groups is 3. The fourth-order valence-corrected chi connectivity index (χ4v) is 2.48. The van der Waals surface area contributed by atoms with Crippen LogP contribution in [0.1, 0.15) is 37.0 Å². The van der Waals surface area contributed by atoms with E-state index in [-0.39, 0.29) is 24.8 Å². The van der Waals surface area contributed by atoms with Crippen LogP contribution >= 0.6 is 11.6 Å². The minimum absolute atomic E-state index is 0.0590. The summed E-state index contributed by atoms with van der Waals surface area (Å²) in [5.74, 6) is -2.52. The molecule has 25 heavy (non-hydrogen) atoms. The lowest BCUT2D eigenvalue weighted by molar-refractivity contribution is -0.143. The van der Waals surface area contributed by atoms with E-state index in [1.54, 1.807) is 18.2 Å². The summed E-state index contributed by atoms with van der Waals surface area (Å²) in [5, 5.41) is 24.1. The lowest BCUT2D eigenvalue weighted by Crippen LogP contribution is -2.49. The zero-order valence-corrected chi connectivity index (χ0v) is 14.9. The summed E-state index contributed by atoms with van der Waals surface area (Å²) in [6, 6.07) is 4.36. The number of carboxylic acids is 2. The van der Waals surface area contributed by atoms with Gasteiger partial charge in [-0.15, -0.1) is 0 Å². The average Bonchev–Trinajstić information content (AvgIpc) is 2.52. The van der Waals surface area contributed by atoms with Crippen LogP contribution < -0.4 is 10.6 Å². The minimum atomic E-state index is -1.16. The summed E-state index contributed by atoms with van der Waals surface area (Å²) in [6.07, 6.45) is 0.373. The highest BCUT2D eigenvalue weighted by Crippen LogP contribution is 2.11. The summed E-state index contributed by atoms with van der Waals surface area (Å²) in [6.45, 7) is 3.81. The predicted octanol–water partition coefficient (Wildman–Crippen LogP) is 2.00. The van der Waals surface area contributed by atoms with Gasteiger partial charge in [-0.25, -0.2) is 0 Å². The average molecular weight is 371 g/mol. The van der Waals surface area contributed by atoms with Gasteiger partial charge in [0.25, 0.3) is 5.91 Å². The molecule has 0 fully saturated rings. The third-order valence-corrected chi connectivity index (χ3v) is 3.75. The smallest absolute Gasteiger partial charge is 0.320 e. The molecule has 0 bridgehead atoms. The van der Waals surface area contributed by atoms with E-state index in [0.717, 1.165) is 0 Å². The van der Waals surface area contributed by atoms with E-state index >= 15 is 0 Å². The molecule has 0 aliphatic rings. The predicted molar refractivity (Wildman–Crippen MR) is 93.8 cm³/mol. The van der Waals surface area contributed by atoms with Gasteiger partial charge in [-0.3, -0.25) is 19.7 Å². The number of halogens is 1. The number of aliphatic carboxylic acids is 2. The number of amides is 1. The standard InChI is InChI=1S/C17H23ClN2O5/c1-10(2)8-14(17(24)25)20-13(16(22)23)6-7-19-15(21)11-4-3-5-12(18)9-11/h3-5,9-10,13-14,20H,6-8H2,1-2H3,(H,19,21)(H,22,23)(H,24,25)/t13?,14-/m0/s1. The van der Waals surface area contributed by atoms with Crippen molar-refractivity contribution in [2.24, 2.45) is 5.92 Å². The normalized spacial score (nSPS) is 13.3. The van der Waals surface area contributed by atoms with E-state index in [1.807, 2.05) is 13.8 Å². The summed E-state index contributed by atoms with van der Waals surface area (Å²) < 4.78 is 0. The lowest BCUT2D eigenvalue weighted by atomic mass is 10.0. The molecular formula is C17H23ClN2O5. The number of hydrogen-bond acceptors (Lipinski definition) is 4. The van der Waals surface area contributed by atoms with E-state index in [1.165, 1.54) is 6.07 Å². The Balaban J connectivity index is 2.59. The first kappa shape index (κ1) is 20.9. The highest BCUT2D eigenvalue weighted by molar-refractivity contribution is 6.30. The van der Waals surface area contributed by atoms with Crippen LogP contribution in [0.15, 0.2) is 24.3 Å². The molecule has 0 radical (unpaired) electrons. The Labute approximate surface area is 151 Å². The number of benzene rings is 1. The molecule has 1 rings (SSSR count). The Kier molecular flexibility index (Phi) is 8.37. The Morgan fingerprint density at radius 3 is 2.28 bits per heavy atom. The Morgan fingerprint density at radius 1 is 1.12 bits per heavy atom. The van der Waals surface area contributed by atoms with E-state index in [9.17, 15) is 24.6 Å². The number of carboxylic acid groups (broad SMARTS) is 2. The molecule has 0 saturated heterocycles. The van der Waals surface area contributed by atoms with Crippen molar-refractivity contribution in [2.75, 3.05) is 6.54 Å². The molecule has 2 atom stereocenters. The van der Waals surface area contributed by atoms with Gasteiger partial charge in [-0.1, -0.05) is 31.5 Å². The van der Waals surface area contributed by atoms with Crippen LogP contribution in [0.4, 0.5) is 0 Å². The Morgan fingerprint density at radius 2 is 1.76 bits per heavy atom. The third-order valence-electron chi connectivity index (χ3n) is 3.51. The number of hydrogen-bond donors (Lipinski definition) is 4. The molecule has 1 unspecified atom stereocenters. The van der Waals surface area contributed by atoms with E-state index in [4.69, 9.17) is 11.6 Å². The van der Waals surface area contributed by atoms with Crippen LogP contribution in [0.2, 0.25) is 5.02 Å². The first-order chi connectivity index (χ1) is 11.7. The Hall–Kier alpha value is -2.12. The van der Waals surface area contributed by atoms with E-state index < -0.39 is 24.0 Å². The van der Waals surface area contributed by atoms with Crippen LogP contribution in [0.3, 0.4) is 0 Å². The molecule has 0 aliphatic heterocycles. The maximum absolute atomic E-state index is 12.0. The number of nitrogens with one attached hydrogen (secondary N) is 2. The van der Waals surface area contributed by atoms with Gasteiger partial charge in [-0.05, 0) is 37.0 Å². The van der Waals surface area contributed by atoms with Crippen LogP contribution in [0, 0.1) is 5.92 Å². The molecule has 138 valence electrons. The number of carbonyl (C=O) groups excluding carboxylic acids is 1. The van der Waals surface area contributed by atoms with Crippen molar-refractivity contribution < 1.29 is 24.6 Å². The highest BCUT2D eigenvalue weighted by atomic mass is 35.5. The van der Waals surface area contributed by atoms with Crippen molar-refractivity contribution in [1.29, 1.82) is 0 Å². The SMILES string of the molecule is CC(C)C[C@H](NC(CCNC(=O)c1cccc(Cl)c1)C(=O)O)C(=O)O. The van der Waals surface area contributed by atoms with E-state index in [0.29, 0.717) is 17.0 Å². The van der Waals surface area contributed by atoms with Crippen LogP contribution in [0.5, 0.6) is 0 Å². The molecule has 7 nitrogen and oxygen atoms in total. The molecule has 1 aromatic carbocycles. The van der Waals surface area contributed by atoms with Crippen molar-refractivity contribution in [3.05, 3.63) is 34.9 Å². The largest absolute Gasteiger partial charge is 0.480 e. The second-order valence-corrected chi connectivity index (χ2v) is 6.57. The highest BCUT2D eigenvalue weighted by Gasteiger charge is 2.26. The minimum Gasteiger partial charge on any atom is -0.480 e. The van der Waals surface area contributed by atoms with Gasteiger partial charge < -0.3 is 15.5 Å². The molecule has 0 spiro atoms. The summed E-state index contributed by atoms with van der Waals surface area (Å²) >= 11 is 5.82. The van der Waals surface area contributed by atoms with Gasteiger partial charge in [-0.2, -0.15) is 0 Å². The Bertz CT molecular complexity index is 621. The molecule has 4 N–H and O–H groups in total. The first-order valence-corrected chi connectivity index (χ1v) is 8.34. The van der Waals surface area contributed by atoms with Gasteiger partial charge in [0.05, 0.1) is 0 Å². The fraction of sp³-hybridized carbons (Fsp3) is 0.471. The third kappa shape index (κ3) is 7.53. The summed E-state index contributed by atoms with van der Waals surface area (Å²) in [7, 11) is 0. The second kappa shape index (κ2) is 10.0. The first-order valence-electron chi connectivity index (χ1n) is 7.96. The number of rotatable bonds is 10. The maximum Gasteiger partial charge on any atom is 0.320 e. The van der Waals surface area contributed by atoms with Crippen LogP contribution in [-0.4, -0.2) is 46.7 Å². The van der Waals surface area contributed by atoms with Gasteiger partial charge in [0, 0.05) is 17.1 Å². The monoisotopic (exact) mass is 370 g/mol. The zero-order valence-electron chi connectivity index (χ0n) is 14.2. The van der Waals surface area contributed by atoms with Gasteiger partial charge >= 0.3 is 11.9 Å². The molecule has 1 aromatic rings. The summed E-state index contributed by atoms with van der Waals surface area (Å²) in [5.41, 5.74) is 0.371. The molecule has 0 aromatic heterocycles. The maximum atomic E-state index is 12.0. The quantitative estimate of drug-likeness (QED) is 0.500. The van der Waals surface area contributed by atoms with Crippen molar-refractivity contribution in [3.8, 4) is 0 Å².